The van der Waals surface area contributed by atoms with Crippen molar-refractivity contribution in [3.63, 3.8) is 0 Å². The van der Waals surface area contributed by atoms with Gasteiger partial charge in [-0.15, -0.1) is 0 Å². The topological polar surface area (TPSA) is 78.4 Å². The second kappa shape index (κ2) is 8.32. The Morgan fingerprint density at radius 2 is 1.96 bits per heavy atom. The van der Waals surface area contributed by atoms with E-state index in [4.69, 9.17) is 8.92 Å². The monoisotopic (exact) mass is 400 g/mol. The first-order valence-corrected chi connectivity index (χ1v) is 10.8. The van der Waals surface area contributed by atoms with Gasteiger partial charge in [0.2, 0.25) is 0 Å². The van der Waals surface area contributed by atoms with Crippen LogP contribution >= 0.6 is 11.8 Å². The lowest BCUT2D eigenvalue weighted by Crippen LogP contribution is -2.07. The van der Waals surface area contributed by atoms with E-state index in [1.54, 1.807) is 12.3 Å². The minimum atomic E-state index is -3.64. The van der Waals surface area contributed by atoms with Gasteiger partial charge in [0.25, 0.3) is 10.1 Å². The summed E-state index contributed by atoms with van der Waals surface area (Å²) in [6.45, 7) is 3.52. The van der Waals surface area contributed by atoms with Gasteiger partial charge in [-0.3, -0.25) is 4.18 Å². The molecule has 0 spiro atoms. The summed E-state index contributed by atoms with van der Waals surface area (Å²) in [5, 5.41) is 0.478. The quantitative estimate of drug-likeness (QED) is 0.399. The van der Waals surface area contributed by atoms with Crippen LogP contribution in [0.4, 0.5) is 4.39 Å². The van der Waals surface area contributed by atoms with Gasteiger partial charge < -0.3 is 4.74 Å². The van der Waals surface area contributed by atoms with E-state index in [9.17, 15) is 12.8 Å². The Morgan fingerprint density at radius 1 is 1.27 bits per heavy atom. The van der Waals surface area contributed by atoms with E-state index >= 15 is 0 Å². The van der Waals surface area contributed by atoms with Crippen LogP contribution in [0.2, 0.25) is 0 Å². The summed E-state index contributed by atoms with van der Waals surface area (Å²) >= 11 is 1.32. The molecular formula is C17H21FN2O4S2. The van der Waals surface area contributed by atoms with E-state index < -0.39 is 10.1 Å². The van der Waals surface area contributed by atoms with Crippen molar-refractivity contribution in [2.45, 2.75) is 31.5 Å². The number of nitrogens with zero attached hydrogens (tertiary/aromatic N) is 2. The highest BCUT2D eigenvalue weighted by Crippen LogP contribution is 2.36. The SMILES string of the molecule is COc1cc(F)c(C(C)C)cc1-c1cnc(SC)nc1COS(C)(=O)=O. The average molecular weight is 400 g/mol. The summed E-state index contributed by atoms with van der Waals surface area (Å²) in [6.07, 6.45) is 4.35. The van der Waals surface area contributed by atoms with Gasteiger partial charge in [0.05, 0.1) is 19.1 Å². The molecule has 0 aliphatic rings. The molecule has 9 heteroatoms. The lowest BCUT2D eigenvalue weighted by Gasteiger charge is -2.16. The summed E-state index contributed by atoms with van der Waals surface area (Å²) < 4.78 is 47.3. The van der Waals surface area contributed by atoms with Gasteiger partial charge in [-0.05, 0) is 23.8 Å². The van der Waals surface area contributed by atoms with Crippen molar-refractivity contribution >= 4 is 21.9 Å². The second-order valence-electron chi connectivity index (χ2n) is 5.91. The maximum Gasteiger partial charge on any atom is 0.264 e. The Morgan fingerprint density at radius 3 is 2.50 bits per heavy atom. The highest BCUT2D eigenvalue weighted by molar-refractivity contribution is 7.98. The zero-order valence-electron chi connectivity index (χ0n) is 15.2. The molecule has 0 aliphatic carbocycles. The fraction of sp³-hybridized carbons (Fsp3) is 0.412. The third-order valence-corrected chi connectivity index (χ3v) is 4.78. The Kier molecular flexibility index (Phi) is 6.59. The van der Waals surface area contributed by atoms with Gasteiger partial charge >= 0.3 is 0 Å². The van der Waals surface area contributed by atoms with Crippen LogP contribution in [0.15, 0.2) is 23.5 Å². The van der Waals surface area contributed by atoms with Gasteiger partial charge in [0.15, 0.2) is 5.16 Å². The molecule has 142 valence electrons. The number of rotatable bonds is 7. The molecule has 26 heavy (non-hydrogen) atoms. The molecule has 0 unspecified atom stereocenters. The van der Waals surface area contributed by atoms with Crippen LogP contribution in [0.3, 0.4) is 0 Å². The molecule has 0 fully saturated rings. The number of hydrogen-bond acceptors (Lipinski definition) is 7. The number of hydrogen-bond donors (Lipinski definition) is 0. The maximum absolute atomic E-state index is 14.3. The van der Waals surface area contributed by atoms with Crippen LogP contribution in [-0.2, 0) is 20.9 Å². The number of aromatic nitrogens is 2. The largest absolute Gasteiger partial charge is 0.496 e. The van der Waals surface area contributed by atoms with E-state index in [0.717, 1.165) is 6.26 Å². The van der Waals surface area contributed by atoms with Gasteiger partial charge in [-0.25, -0.2) is 14.4 Å². The standard InChI is InChI=1S/C17H21FN2O4S2/c1-10(2)11-6-12(16(23-3)7-14(11)18)13-8-19-17(25-4)20-15(13)9-24-26(5,21)22/h6-8,10H,9H2,1-5H3. The van der Waals surface area contributed by atoms with Crippen LogP contribution in [-0.4, -0.2) is 38.0 Å². The fourth-order valence-electron chi connectivity index (χ4n) is 2.39. The molecule has 1 heterocycles. The molecule has 0 bridgehead atoms. The van der Waals surface area contributed by atoms with E-state index in [0.29, 0.717) is 33.3 Å². The molecule has 0 atom stereocenters. The lowest BCUT2D eigenvalue weighted by atomic mass is 9.96. The first kappa shape index (κ1) is 20.6. The molecule has 1 aromatic heterocycles. The molecule has 0 aliphatic heterocycles. The molecule has 0 radical (unpaired) electrons. The van der Waals surface area contributed by atoms with Crippen molar-refractivity contribution < 1.29 is 21.7 Å². The normalized spacial score (nSPS) is 11.8. The molecule has 6 nitrogen and oxygen atoms in total. The molecule has 0 saturated carbocycles. The average Bonchev–Trinajstić information content (AvgIpc) is 2.58. The smallest absolute Gasteiger partial charge is 0.264 e. The third kappa shape index (κ3) is 4.93. The lowest BCUT2D eigenvalue weighted by molar-refractivity contribution is 0.306. The van der Waals surface area contributed by atoms with E-state index in [2.05, 4.69) is 9.97 Å². The summed E-state index contributed by atoms with van der Waals surface area (Å²) in [5.74, 6) is -0.0917. The number of benzene rings is 1. The second-order valence-corrected chi connectivity index (χ2v) is 8.33. The highest BCUT2D eigenvalue weighted by Gasteiger charge is 2.19. The van der Waals surface area contributed by atoms with Crippen LogP contribution in [0.25, 0.3) is 11.1 Å². The Balaban J connectivity index is 2.64. The predicted octanol–water partition coefficient (Wildman–Crippen LogP) is 3.61. The summed E-state index contributed by atoms with van der Waals surface area (Å²) in [5.41, 5.74) is 2.02. The first-order chi connectivity index (χ1) is 12.2. The van der Waals surface area contributed by atoms with Gasteiger partial charge in [-0.2, -0.15) is 8.42 Å². The van der Waals surface area contributed by atoms with Crippen molar-refractivity contribution in [1.29, 1.82) is 0 Å². The highest BCUT2D eigenvalue weighted by atomic mass is 32.2. The van der Waals surface area contributed by atoms with Crippen LogP contribution < -0.4 is 4.74 Å². The van der Waals surface area contributed by atoms with Gasteiger partial charge in [0, 0.05) is 23.4 Å². The zero-order valence-corrected chi connectivity index (χ0v) is 16.9. The summed E-state index contributed by atoms with van der Waals surface area (Å²) in [6, 6.07) is 2.99. The fourth-order valence-corrected chi connectivity index (χ4v) is 3.07. The molecule has 1 aromatic carbocycles. The minimum absolute atomic E-state index is 0.0400. The minimum Gasteiger partial charge on any atom is -0.496 e. The van der Waals surface area contributed by atoms with Crippen molar-refractivity contribution in [2.24, 2.45) is 0 Å². The first-order valence-electron chi connectivity index (χ1n) is 7.78. The van der Waals surface area contributed by atoms with E-state index in [-0.39, 0.29) is 18.3 Å². The molecule has 2 rings (SSSR count). The van der Waals surface area contributed by atoms with Crippen LogP contribution in [0.1, 0.15) is 31.0 Å². The Labute approximate surface area is 157 Å². The molecule has 2 aromatic rings. The Bertz CT molecular complexity index is 902. The number of halogens is 1. The number of methoxy groups -OCH3 is 1. The molecule has 0 amide bonds. The molecular weight excluding hydrogens is 379 g/mol. The van der Waals surface area contributed by atoms with E-state index in [1.807, 2.05) is 20.1 Å². The van der Waals surface area contributed by atoms with Crippen molar-refractivity contribution in [2.75, 3.05) is 19.6 Å². The van der Waals surface area contributed by atoms with Crippen molar-refractivity contribution in [3.05, 3.63) is 35.4 Å². The van der Waals surface area contributed by atoms with Crippen molar-refractivity contribution in [3.8, 4) is 16.9 Å². The maximum atomic E-state index is 14.3. The number of thioether (sulfide) groups is 1. The van der Waals surface area contributed by atoms with Gasteiger partial charge in [0.1, 0.15) is 18.2 Å². The Hall–Kier alpha value is -1.71. The van der Waals surface area contributed by atoms with E-state index in [1.165, 1.54) is 24.9 Å². The molecule has 0 N–H and O–H groups in total. The molecule has 0 saturated heterocycles. The number of ether oxygens (including phenoxy) is 1. The summed E-state index contributed by atoms with van der Waals surface area (Å²) in [4.78, 5) is 8.60. The van der Waals surface area contributed by atoms with Crippen LogP contribution in [0.5, 0.6) is 5.75 Å². The van der Waals surface area contributed by atoms with Gasteiger partial charge in [-0.1, -0.05) is 25.6 Å². The zero-order chi connectivity index (χ0) is 19.5. The predicted molar refractivity (Wildman–Crippen MR) is 99.5 cm³/mol. The van der Waals surface area contributed by atoms with Crippen LogP contribution in [0, 0.1) is 5.82 Å². The van der Waals surface area contributed by atoms with Crippen molar-refractivity contribution in [1.82, 2.24) is 9.97 Å². The third-order valence-electron chi connectivity index (χ3n) is 3.67. The summed E-state index contributed by atoms with van der Waals surface area (Å²) in [7, 11) is -2.20.